The first kappa shape index (κ1) is 20.2. The van der Waals surface area contributed by atoms with Crippen LogP contribution in [0.3, 0.4) is 0 Å². The minimum atomic E-state index is -0.452. The van der Waals surface area contributed by atoms with E-state index in [1.807, 2.05) is 34.6 Å². The summed E-state index contributed by atoms with van der Waals surface area (Å²) in [6, 6.07) is 0. The number of likely N-dealkylation sites (N-methyl/N-ethyl adjacent to an activating group) is 1. The lowest BCUT2D eigenvalue weighted by molar-refractivity contribution is 0.0293. The predicted octanol–water partition coefficient (Wildman–Crippen LogP) is 3.04. The van der Waals surface area contributed by atoms with Gasteiger partial charge in [-0.25, -0.2) is 4.79 Å². The number of amides is 1. The second kappa shape index (κ2) is 8.59. The minimum Gasteiger partial charge on any atom is -0.444 e. The summed E-state index contributed by atoms with van der Waals surface area (Å²) in [6.07, 6.45) is 0.908. The lowest BCUT2D eigenvalue weighted by Crippen LogP contribution is -2.45. The van der Waals surface area contributed by atoms with Crippen molar-refractivity contribution in [2.45, 2.75) is 72.1 Å². The number of nitrogens with zero attached hydrogens (tertiary/aromatic N) is 1. The Labute approximate surface area is 130 Å². The Kier molecular flexibility index (Phi) is 8.26. The maximum absolute atomic E-state index is 11.8. The Morgan fingerprint density at radius 3 is 2.24 bits per heavy atom. The van der Waals surface area contributed by atoms with Crippen LogP contribution in [-0.2, 0) is 9.47 Å². The van der Waals surface area contributed by atoms with Gasteiger partial charge in [0.15, 0.2) is 0 Å². The highest BCUT2D eigenvalue weighted by molar-refractivity contribution is 5.67. The molecular weight excluding hydrogens is 268 g/mol. The summed E-state index contributed by atoms with van der Waals surface area (Å²) >= 11 is 0. The van der Waals surface area contributed by atoms with Crippen LogP contribution in [0.2, 0.25) is 0 Å². The molecule has 0 aliphatic carbocycles. The monoisotopic (exact) mass is 302 g/mol. The van der Waals surface area contributed by atoms with Crippen LogP contribution >= 0.6 is 0 Å². The van der Waals surface area contributed by atoms with Crippen molar-refractivity contribution in [3.8, 4) is 0 Å². The number of ether oxygens (including phenoxy) is 2. The van der Waals surface area contributed by atoms with Crippen LogP contribution in [-0.4, -0.2) is 55.0 Å². The Hall–Kier alpha value is -0.810. The second-order valence-corrected chi connectivity index (χ2v) is 7.38. The molecule has 0 unspecified atom stereocenters. The SMILES string of the molecule is CC(C)OCCC(C)(C)NCCN(C)C(=O)OC(C)(C)C. The summed E-state index contributed by atoms with van der Waals surface area (Å²) in [5.74, 6) is 0. The fourth-order valence-corrected chi connectivity index (χ4v) is 1.63. The van der Waals surface area contributed by atoms with Crippen molar-refractivity contribution in [2.75, 3.05) is 26.7 Å². The number of carbonyl (C=O) groups excluding carboxylic acids is 1. The van der Waals surface area contributed by atoms with Gasteiger partial charge in [0.25, 0.3) is 0 Å². The zero-order valence-corrected chi connectivity index (χ0v) is 15.1. The van der Waals surface area contributed by atoms with Gasteiger partial charge >= 0.3 is 6.09 Å². The Bertz CT molecular complexity index is 309. The van der Waals surface area contributed by atoms with Crippen LogP contribution in [0.1, 0.15) is 54.9 Å². The van der Waals surface area contributed by atoms with Gasteiger partial charge in [0, 0.05) is 32.3 Å². The van der Waals surface area contributed by atoms with Crippen LogP contribution in [0.4, 0.5) is 4.79 Å². The highest BCUT2D eigenvalue weighted by Crippen LogP contribution is 2.10. The van der Waals surface area contributed by atoms with E-state index in [1.54, 1.807) is 11.9 Å². The zero-order chi connectivity index (χ0) is 16.7. The quantitative estimate of drug-likeness (QED) is 0.749. The van der Waals surface area contributed by atoms with Gasteiger partial charge in [0.1, 0.15) is 5.60 Å². The normalized spacial score (nSPS) is 12.6. The average Bonchev–Trinajstić information content (AvgIpc) is 2.25. The first-order valence-corrected chi connectivity index (χ1v) is 7.74. The van der Waals surface area contributed by atoms with Crippen molar-refractivity contribution in [1.82, 2.24) is 10.2 Å². The Morgan fingerprint density at radius 1 is 1.19 bits per heavy atom. The van der Waals surface area contributed by atoms with E-state index >= 15 is 0 Å². The molecule has 0 aliphatic rings. The van der Waals surface area contributed by atoms with Gasteiger partial charge in [0.2, 0.25) is 0 Å². The molecule has 21 heavy (non-hydrogen) atoms. The van der Waals surface area contributed by atoms with Gasteiger partial charge in [-0.1, -0.05) is 0 Å². The van der Waals surface area contributed by atoms with Gasteiger partial charge < -0.3 is 19.7 Å². The van der Waals surface area contributed by atoms with Crippen LogP contribution in [0.15, 0.2) is 0 Å². The van der Waals surface area contributed by atoms with Crippen molar-refractivity contribution < 1.29 is 14.3 Å². The van der Waals surface area contributed by atoms with Crippen LogP contribution in [0, 0.1) is 0 Å². The Morgan fingerprint density at radius 2 is 1.76 bits per heavy atom. The molecule has 5 heteroatoms. The first-order chi connectivity index (χ1) is 9.43. The molecule has 0 radical (unpaired) electrons. The van der Waals surface area contributed by atoms with Crippen molar-refractivity contribution in [3.05, 3.63) is 0 Å². The van der Waals surface area contributed by atoms with Gasteiger partial charge in [0.05, 0.1) is 6.10 Å². The molecule has 1 amide bonds. The van der Waals surface area contributed by atoms with Crippen molar-refractivity contribution in [3.63, 3.8) is 0 Å². The number of carbonyl (C=O) groups is 1. The smallest absolute Gasteiger partial charge is 0.410 e. The lowest BCUT2D eigenvalue weighted by Gasteiger charge is -2.29. The summed E-state index contributed by atoms with van der Waals surface area (Å²) in [5, 5.41) is 3.45. The molecule has 0 heterocycles. The van der Waals surface area contributed by atoms with Crippen LogP contribution < -0.4 is 5.32 Å². The summed E-state index contributed by atoms with van der Waals surface area (Å²) in [6.45, 7) is 16.0. The predicted molar refractivity (Wildman–Crippen MR) is 86.7 cm³/mol. The van der Waals surface area contributed by atoms with Gasteiger partial charge in [-0.2, -0.15) is 0 Å². The van der Waals surface area contributed by atoms with E-state index < -0.39 is 5.60 Å². The fraction of sp³-hybridized carbons (Fsp3) is 0.938. The topological polar surface area (TPSA) is 50.8 Å². The van der Waals surface area contributed by atoms with Gasteiger partial charge in [-0.05, 0) is 54.9 Å². The number of hydrogen-bond acceptors (Lipinski definition) is 4. The minimum absolute atomic E-state index is 0.0103. The number of nitrogens with one attached hydrogen (secondary N) is 1. The molecule has 0 saturated carbocycles. The Balaban J connectivity index is 3.98. The zero-order valence-electron chi connectivity index (χ0n) is 15.1. The number of hydrogen-bond donors (Lipinski definition) is 1. The maximum Gasteiger partial charge on any atom is 0.410 e. The molecule has 0 atom stereocenters. The molecule has 0 aromatic carbocycles. The highest BCUT2D eigenvalue weighted by Gasteiger charge is 2.21. The molecule has 5 nitrogen and oxygen atoms in total. The molecule has 0 aromatic rings. The van der Waals surface area contributed by atoms with Crippen LogP contribution in [0.5, 0.6) is 0 Å². The van der Waals surface area contributed by atoms with Gasteiger partial charge in [-0.15, -0.1) is 0 Å². The maximum atomic E-state index is 11.8. The fourth-order valence-electron chi connectivity index (χ4n) is 1.63. The summed E-state index contributed by atoms with van der Waals surface area (Å²) < 4.78 is 10.9. The van der Waals surface area contributed by atoms with E-state index in [1.165, 1.54) is 0 Å². The van der Waals surface area contributed by atoms with Crippen molar-refractivity contribution in [2.24, 2.45) is 0 Å². The van der Waals surface area contributed by atoms with Gasteiger partial charge in [-0.3, -0.25) is 0 Å². The number of rotatable bonds is 8. The molecule has 0 aromatic heterocycles. The molecule has 0 aliphatic heterocycles. The summed E-state index contributed by atoms with van der Waals surface area (Å²) in [7, 11) is 1.75. The molecular formula is C16H34N2O3. The molecule has 0 rings (SSSR count). The molecule has 0 fully saturated rings. The summed E-state index contributed by atoms with van der Waals surface area (Å²) in [5.41, 5.74) is -0.462. The third-order valence-electron chi connectivity index (χ3n) is 2.93. The molecule has 0 bridgehead atoms. The second-order valence-electron chi connectivity index (χ2n) is 7.38. The largest absolute Gasteiger partial charge is 0.444 e. The molecule has 0 saturated heterocycles. The first-order valence-electron chi connectivity index (χ1n) is 7.74. The van der Waals surface area contributed by atoms with E-state index in [2.05, 4.69) is 19.2 Å². The highest BCUT2D eigenvalue weighted by atomic mass is 16.6. The molecule has 126 valence electrons. The van der Waals surface area contributed by atoms with E-state index in [0.29, 0.717) is 6.54 Å². The lowest BCUT2D eigenvalue weighted by atomic mass is 10.0. The average molecular weight is 302 g/mol. The van der Waals surface area contributed by atoms with E-state index in [9.17, 15) is 4.79 Å². The standard InChI is InChI=1S/C16H34N2O3/c1-13(2)20-12-9-16(6,7)17-10-11-18(8)14(19)21-15(3,4)5/h13,17H,9-12H2,1-8H3. The van der Waals surface area contributed by atoms with E-state index in [0.717, 1.165) is 19.6 Å². The summed E-state index contributed by atoms with van der Waals surface area (Å²) in [4.78, 5) is 13.4. The third kappa shape index (κ3) is 11.5. The van der Waals surface area contributed by atoms with Crippen LogP contribution in [0.25, 0.3) is 0 Å². The molecule has 1 N–H and O–H groups in total. The molecule has 0 spiro atoms. The third-order valence-corrected chi connectivity index (χ3v) is 2.93. The van der Waals surface area contributed by atoms with Crippen molar-refractivity contribution >= 4 is 6.09 Å². The van der Waals surface area contributed by atoms with Crippen molar-refractivity contribution in [1.29, 1.82) is 0 Å². The van der Waals surface area contributed by atoms with E-state index in [-0.39, 0.29) is 17.7 Å². The van der Waals surface area contributed by atoms with E-state index in [4.69, 9.17) is 9.47 Å².